The van der Waals surface area contributed by atoms with Gasteiger partial charge in [-0.3, -0.25) is 9.89 Å². The molecule has 1 fully saturated rings. The van der Waals surface area contributed by atoms with Crippen LogP contribution in [0.4, 0.5) is 0 Å². The quantitative estimate of drug-likeness (QED) is 0.438. The van der Waals surface area contributed by atoms with Crippen molar-refractivity contribution in [3.05, 3.63) is 29.3 Å². The van der Waals surface area contributed by atoms with Crippen molar-refractivity contribution in [1.29, 1.82) is 0 Å². The number of rotatable bonds is 7. The molecule has 0 spiro atoms. The molecule has 0 unspecified atom stereocenters. The van der Waals surface area contributed by atoms with Crippen molar-refractivity contribution >= 4 is 17.6 Å². The number of ether oxygens (including phenoxy) is 2. The Labute approximate surface area is 155 Å². The largest absolute Gasteiger partial charge is 0.492 e. The van der Waals surface area contributed by atoms with Crippen LogP contribution >= 0.6 is 11.6 Å². The van der Waals surface area contributed by atoms with Gasteiger partial charge in [0, 0.05) is 37.2 Å². The highest BCUT2D eigenvalue weighted by atomic mass is 35.5. The van der Waals surface area contributed by atoms with Gasteiger partial charge < -0.3 is 20.1 Å². The Morgan fingerprint density at radius 3 is 2.56 bits per heavy atom. The summed E-state index contributed by atoms with van der Waals surface area (Å²) in [6.45, 7) is 10.0. The van der Waals surface area contributed by atoms with E-state index in [2.05, 4.69) is 34.4 Å². The highest BCUT2D eigenvalue weighted by Gasteiger charge is 2.28. The molecule has 0 radical (unpaired) electrons. The van der Waals surface area contributed by atoms with Crippen LogP contribution in [0, 0.1) is 0 Å². The van der Waals surface area contributed by atoms with E-state index in [0.29, 0.717) is 18.2 Å². The highest BCUT2D eigenvalue weighted by Crippen LogP contribution is 2.16. The van der Waals surface area contributed by atoms with Crippen LogP contribution in [0.2, 0.25) is 5.02 Å². The van der Waals surface area contributed by atoms with E-state index >= 15 is 0 Å². The molecule has 0 saturated carbocycles. The van der Waals surface area contributed by atoms with Crippen molar-refractivity contribution in [2.24, 2.45) is 4.99 Å². The van der Waals surface area contributed by atoms with Crippen molar-refractivity contribution in [1.82, 2.24) is 15.5 Å². The van der Waals surface area contributed by atoms with Gasteiger partial charge in [0.05, 0.1) is 19.8 Å². The lowest BCUT2D eigenvalue weighted by molar-refractivity contribution is -0.00834. The summed E-state index contributed by atoms with van der Waals surface area (Å²) in [4.78, 5) is 6.72. The van der Waals surface area contributed by atoms with E-state index in [1.807, 2.05) is 24.3 Å². The minimum atomic E-state index is 0.0429. The van der Waals surface area contributed by atoms with Crippen LogP contribution in [0.3, 0.4) is 0 Å². The molecule has 0 atom stereocenters. The maximum absolute atomic E-state index is 5.86. The molecular formula is C18H29ClN4O2. The van der Waals surface area contributed by atoms with Crippen LogP contribution < -0.4 is 15.4 Å². The number of aliphatic imine (C=N–C) groups is 1. The summed E-state index contributed by atoms with van der Waals surface area (Å²) < 4.78 is 11.1. The lowest BCUT2D eigenvalue weighted by atomic mass is 10.0. The summed E-state index contributed by atoms with van der Waals surface area (Å²) >= 11 is 5.86. The zero-order valence-electron chi connectivity index (χ0n) is 15.3. The average molecular weight is 369 g/mol. The van der Waals surface area contributed by atoms with Crippen LogP contribution in [0.1, 0.15) is 13.8 Å². The third-order valence-corrected chi connectivity index (χ3v) is 4.51. The molecule has 2 N–H and O–H groups in total. The normalized spacial score (nSPS) is 16.6. The molecule has 1 aromatic rings. The van der Waals surface area contributed by atoms with Gasteiger partial charge in [-0.05, 0) is 38.1 Å². The summed E-state index contributed by atoms with van der Waals surface area (Å²) in [6, 6.07) is 7.36. The molecule has 0 amide bonds. The molecule has 1 heterocycles. The molecule has 1 aliphatic rings. The topological polar surface area (TPSA) is 58.1 Å². The molecule has 7 heteroatoms. The number of morpholine rings is 1. The summed E-state index contributed by atoms with van der Waals surface area (Å²) in [5.41, 5.74) is 0.0429. The monoisotopic (exact) mass is 368 g/mol. The van der Waals surface area contributed by atoms with Gasteiger partial charge in [0.1, 0.15) is 12.4 Å². The average Bonchev–Trinajstić information content (AvgIpc) is 2.63. The molecule has 1 aliphatic heterocycles. The van der Waals surface area contributed by atoms with Gasteiger partial charge >= 0.3 is 0 Å². The Morgan fingerprint density at radius 2 is 1.92 bits per heavy atom. The van der Waals surface area contributed by atoms with Crippen molar-refractivity contribution in [3.8, 4) is 5.75 Å². The van der Waals surface area contributed by atoms with Gasteiger partial charge in [-0.15, -0.1) is 0 Å². The van der Waals surface area contributed by atoms with E-state index in [0.717, 1.165) is 44.6 Å². The van der Waals surface area contributed by atoms with Crippen LogP contribution in [-0.2, 0) is 4.74 Å². The summed E-state index contributed by atoms with van der Waals surface area (Å²) in [7, 11) is 1.77. The number of hydrogen-bond donors (Lipinski definition) is 2. The lowest BCUT2D eigenvalue weighted by Gasteiger charge is -2.41. The first-order valence-electron chi connectivity index (χ1n) is 8.67. The molecule has 1 saturated heterocycles. The van der Waals surface area contributed by atoms with E-state index in [1.54, 1.807) is 7.05 Å². The minimum Gasteiger partial charge on any atom is -0.492 e. The first-order valence-corrected chi connectivity index (χ1v) is 9.05. The summed E-state index contributed by atoms with van der Waals surface area (Å²) in [6.07, 6.45) is 0. The van der Waals surface area contributed by atoms with E-state index in [9.17, 15) is 0 Å². The van der Waals surface area contributed by atoms with E-state index in [4.69, 9.17) is 21.1 Å². The van der Waals surface area contributed by atoms with Gasteiger partial charge in [-0.25, -0.2) is 0 Å². The third kappa shape index (κ3) is 6.72. The number of guanidine groups is 1. The molecule has 0 aromatic heterocycles. The van der Waals surface area contributed by atoms with Gasteiger partial charge in [0.2, 0.25) is 0 Å². The zero-order chi connectivity index (χ0) is 18.1. The van der Waals surface area contributed by atoms with Crippen LogP contribution in [0.5, 0.6) is 5.75 Å². The Balaban J connectivity index is 1.68. The fraction of sp³-hybridized carbons (Fsp3) is 0.611. The maximum atomic E-state index is 5.86. The van der Waals surface area contributed by atoms with Gasteiger partial charge in [0.25, 0.3) is 0 Å². The summed E-state index contributed by atoms with van der Waals surface area (Å²) in [5, 5.41) is 7.37. The molecule has 25 heavy (non-hydrogen) atoms. The zero-order valence-corrected chi connectivity index (χ0v) is 16.1. The van der Waals surface area contributed by atoms with Crippen LogP contribution in [0.25, 0.3) is 0 Å². The first kappa shape index (κ1) is 19.8. The fourth-order valence-electron chi connectivity index (χ4n) is 2.67. The summed E-state index contributed by atoms with van der Waals surface area (Å²) in [5.74, 6) is 1.59. The number of nitrogens with zero attached hydrogens (tertiary/aromatic N) is 2. The number of hydrogen-bond acceptors (Lipinski definition) is 4. The van der Waals surface area contributed by atoms with E-state index < -0.39 is 0 Å². The van der Waals surface area contributed by atoms with E-state index in [-0.39, 0.29) is 5.54 Å². The maximum Gasteiger partial charge on any atom is 0.191 e. The number of halogens is 1. The van der Waals surface area contributed by atoms with Crippen molar-refractivity contribution in [2.75, 3.05) is 53.0 Å². The lowest BCUT2D eigenvalue weighted by Crippen LogP contribution is -2.56. The van der Waals surface area contributed by atoms with Crippen LogP contribution in [-0.4, -0.2) is 69.4 Å². The van der Waals surface area contributed by atoms with E-state index in [1.165, 1.54) is 0 Å². The number of nitrogens with one attached hydrogen (secondary N) is 2. The Bertz CT molecular complexity index is 543. The second-order valence-electron chi connectivity index (χ2n) is 6.57. The van der Waals surface area contributed by atoms with Gasteiger partial charge in [-0.1, -0.05) is 11.6 Å². The molecule has 1 aromatic carbocycles. The smallest absolute Gasteiger partial charge is 0.191 e. The Kier molecular flexibility index (Phi) is 7.81. The van der Waals surface area contributed by atoms with Crippen LogP contribution in [0.15, 0.2) is 29.3 Å². The standard InChI is InChI=1S/C18H29ClN4O2/c1-18(2,23-9-12-24-13-10-23)14-22-17(20-3)21-8-11-25-16-6-4-15(19)5-7-16/h4-7H,8-14H2,1-3H3,(H2,20,21,22). The van der Waals surface area contributed by atoms with Crippen molar-refractivity contribution < 1.29 is 9.47 Å². The third-order valence-electron chi connectivity index (χ3n) is 4.26. The van der Waals surface area contributed by atoms with Crippen molar-refractivity contribution in [2.45, 2.75) is 19.4 Å². The minimum absolute atomic E-state index is 0.0429. The second-order valence-corrected chi connectivity index (χ2v) is 7.00. The van der Waals surface area contributed by atoms with Crippen molar-refractivity contribution in [3.63, 3.8) is 0 Å². The van der Waals surface area contributed by atoms with Gasteiger partial charge in [-0.2, -0.15) is 0 Å². The predicted molar refractivity (Wildman–Crippen MR) is 103 cm³/mol. The SMILES string of the molecule is CN=C(NCCOc1ccc(Cl)cc1)NCC(C)(C)N1CCOCC1. The number of benzene rings is 1. The molecule has 6 nitrogen and oxygen atoms in total. The predicted octanol–water partition coefficient (Wildman–Crippen LogP) is 1.99. The Morgan fingerprint density at radius 1 is 1.24 bits per heavy atom. The molecule has 2 rings (SSSR count). The molecular weight excluding hydrogens is 340 g/mol. The molecule has 0 bridgehead atoms. The molecule has 140 valence electrons. The Hall–Kier alpha value is -1.50. The first-order chi connectivity index (χ1) is 12.0. The fourth-order valence-corrected chi connectivity index (χ4v) is 2.80. The molecule has 0 aliphatic carbocycles. The van der Waals surface area contributed by atoms with Gasteiger partial charge in [0.15, 0.2) is 5.96 Å². The second kappa shape index (κ2) is 9.85. The highest BCUT2D eigenvalue weighted by molar-refractivity contribution is 6.30.